The molecule has 0 unspecified atom stereocenters. The Balaban J connectivity index is 1.64. The molecule has 2 atom stereocenters. The van der Waals surface area contributed by atoms with E-state index in [-0.39, 0.29) is 23.5 Å². The smallest absolute Gasteiger partial charge is 0.220 e. The first-order valence-electron chi connectivity index (χ1n) is 7.90. The number of rotatable bonds is 2. The molecule has 6 nitrogen and oxygen atoms in total. The summed E-state index contributed by atoms with van der Waals surface area (Å²) in [5, 5.41) is 22.4. The van der Waals surface area contributed by atoms with Gasteiger partial charge in [0.25, 0.3) is 0 Å². The van der Waals surface area contributed by atoms with E-state index in [2.05, 4.69) is 20.1 Å². The van der Waals surface area contributed by atoms with Crippen LogP contribution in [0.1, 0.15) is 41.9 Å². The highest BCUT2D eigenvalue weighted by atomic mass is 35.5. The molecule has 2 aliphatic heterocycles. The minimum atomic E-state index is -0.00197. The molecule has 2 aromatic rings. The first kappa shape index (κ1) is 15.7. The fraction of sp³-hybridized carbons (Fsp3) is 0.438. The largest absolute Gasteiger partial charge is 0.508 e. The fourth-order valence-corrected chi connectivity index (χ4v) is 4.13. The van der Waals surface area contributed by atoms with Crippen molar-refractivity contribution in [3.05, 3.63) is 39.4 Å². The van der Waals surface area contributed by atoms with E-state index in [4.69, 9.17) is 23.2 Å². The zero-order valence-electron chi connectivity index (χ0n) is 12.8. The number of hydrogen-bond acceptors (Lipinski definition) is 4. The van der Waals surface area contributed by atoms with Gasteiger partial charge in [0.1, 0.15) is 17.4 Å². The number of aromatic hydroxyl groups is 1. The third kappa shape index (κ3) is 2.54. The van der Waals surface area contributed by atoms with Gasteiger partial charge in [-0.1, -0.05) is 23.2 Å². The minimum absolute atomic E-state index is 0.00197. The van der Waals surface area contributed by atoms with E-state index in [0.29, 0.717) is 41.5 Å². The van der Waals surface area contributed by atoms with Crippen molar-refractivity contribution in [3.8, 4) is 5.75 Å². The predicted molar refractivity (Wildman–Crippen MR) is 89.6 cm³/mol. The molecule has 0 aliphatic carbocycles. The number of halogens is 2. The lowest BCUT2D eigenvalue weighted by Crippen LogP contribution is -2.33. The molecule has 8 heteroatoms. The first-order chi connectivity index (χ1) is 11.5. The Kier molecular flexibility index (Phi) is 3.89. The Morgan fingerprint density at radius 2 is 2.04 bits per heavy atom. The van der Waals surface area contributed by atoms with Gasteiger partial charge in [0.15, 0.2) is 0 Å². The zero-order valence-corrected chi connectivity index (χ0v) is 14.3. The van der Waals surface area contributed by atoms with E-state index >= 15 is 0 Å². The van der Waals surface area contributed by atoms with Crippen molar-refractivity contribution < 1.29 is 9.90 Å². The van der Waals surface area contributed by atoms with Crippen LogP contribution in [0, 0.1) is 0 Å². The Hall–Kier alpha value is -1.79. The Bertz CT molecular complexity index is 821. The molecule has 3 heterocycles. The highest BCUT2D eigenvalue weighted by Crippen LogP contribution is 2.42. The molecule has 1 aromatic heterocycles. The van der Waals surface area contributed by atoms with Gasteiger partial charge < -0.3 is 15.0 Å². The average Bonchev–Trinajstić information content (AvgIpc) is 3.12. The van der Waals surface area contributed by atoms with Gasteiger partial charge in [0, 0.05) is 43.3 Å². The summed E-state index contributed by atoms with van der Waals surface area (Å²) in [4.78, 5) is 11.6. The molecule has 2 aliphatic rings. The molecule has 4 rings (SSSR count). The maximum atomic E-state index is 11.6. The number of piperidine rings is 1. The van der Waals surface area contributed by atoms with E-state index < -0.39 is 0 Å². The minimum Gasteiger partial charge on any atom is -0.508 e. The summed E-state index contributed by atoms with van der Waals surface area (Å²) in [5.74, 6) is 1.98. The molecule has 126 valence electrons. The molecular weight excluding hydrogens is 351 g/mol. The maximum absolute atomic E-state index is 11.6. The van der Waals surface area contributed by atoms with E-state index in [9.17, 15) is 9.90 Å². The van der Waals surface area contributed by atoms with Crippen LogP contribution in [0.25, 0.3) is 0 Å². The van der Waals surface area contributed by atoms with Crippen LogP contribution in [0.15, 0.2) is 12.1 Å². The number of nitrogens with zero attached hydrogens (tertiary/aromatic N) is 3. The van der Waals surface area contributed by atoms with Crippen LogP contribution in [0.3, 0.4) is 0 Å². The summed E-state index contributed by atoms with van der Waals surface area (Å²) in [6, 6.07) is 3.15. The van der Waals surface area contributed by atoms with Crippen LogP contribution in [-0.2, 0) is 17.8 Å². The van der Waals surface area contributed by atoms with Crippen LogP contribution in [-0.4, -0.2) is 32.3 Å². The van der Waals surface area contributed by atoms with Crippen molar-refractivity contribution in [3.63, 3.8) is 0 Å². The number of phenols is 1. The van der Waals surface area contributed by atoms with Crippen molar-refractivity contribution in [2.24, 2.45) is 0 Å². The standard InChI is InChI=1S/C16H16Cl2N4O2/c17-10-1-2-11(23)14(15(10)18)9-5-12-20-21-16(22(12)7-9)8-3-4-19-13(24)6-8/h1-2,8-9,23H,3-7H2,(H,19,24)/t8-,9-/m1/s1. The summed E-state index contributed by atoms with van der Waals surface area (Å²) >= 11 is 12.4. The number of carbonyl (C=O) groups excluding carboxylic acids is 1. The summed E-state index contributed by atoms with van der Waals surface area (Å²) < 4.78 is 2.06. The van der Waals surface area contributed by atoms with Gasteiger partial charge in [0.2, 0.25) is 5.91 Å². The molecule has 0 saturated carbocycles. The normalized spacial score (nSPS) is 23.2. The van der Waals surface area contributed by atoms with E-state index in [0.717, 1.165) is 18.1 Å². The number of amides is 1. The van der Waals surface area contributed by atoms with Crippen molar-refractivity contribution in [2.45, 2.75) is 37.6 Å². The number of nitrogens with one attached hydrogen (secondary N) is 1. The monoisotopic (exact) mass is 366 g/mol. The predicted octanol–water partition coefficient (Wildman–Crippen LogP) is 2.62. The molecular formula is C16H16Cl2N4O2. The number of benzene rings is 1. The van der Waals surface area contributed by atoms with Gasteiger partial charge in [-0.25, -0.2) is 0 Å². The van der Waals surface area contributed by atoms with Gasteiger partial charge in [0.05, 0.1) is 10.0 Å². The third-order valence-corrected chi connectivity index (χ3v) is 5.64. The lowest BCUT2D eigenvalue weighted by atomic mass is 9.95. The molecule has 1 saturated heterocycles. The lowest BCUT2D eigenvalue weighted by molar-refractivity contribution is -0.122. The van der Waals surface area contributed by atoms with Gasteiger partial charge >= 0.3 is 0 Å². The van der Waals surface area contributed by atoms with Gasteiger partial charge in [-0.3, -0.25) is 4.79 Å². The number of phenolic OH excluding ortho intramolecular Hbond substituents is 1. The van der Waals surface area contributed by atoms with Crippen LogP contribution >= 0.6 is 23.2 Å². The second-order valence-corrected chi connectivity index (χ2v) is 7.11. The van der Waals surface area contributed by atoms with Crippen molar-refractivity contribution in [2.75, 3.05) is 6.54 Å². The zero-order chi connectivity index (χ0) is 16.8. The first-order valence-corrected chi connectivity index (χ1v) is 8.65. The van der Waals surface area contributed by atoms with Gasteiger partial charge in [-0.15, -0.1) is 10.2 Å². The molecule has 0 bridgehead atoms. The van der Waals surface area contributed by atoms with E-state index in [1.54, 1.807) is 12.1 Å². The molecule has 1 fully saturated rings. The average molecular weight is 367 g/mol. The fourth-order valence-electron chi connectivity index (χ4n) is 3.65. The summed E-state index contributed by atoms with van der Waals surface area (Å²) in [5.41, 5.74) is 0.655. The highest BCUT2D eigenvalue weighted by molar-refractivity contribution is 6.42. The summed E-state index contributed by atoms with van der Waals surface area (Å²) in [6.45, 7) is 1.29. The van der Waals surface area contributed by atoms with Crippen LogP contribution in [0.4, 0.5) is 0 Å². The number of hydrogen-bond donors (Lipinski definition) is 2. The molecule has 1 aromatic carbocycles. The maximum Gasteiger partial charge on any atom is 0.220 e. The summed E-state index contributed by atoms with van der Waals surface area (Å²) in [6.07, 6.45) is 1.93. The SMILES string of the molecule is O=C1C[C@H](c2nnc3n2C[C@H](c2c(O)ccc(Cl)c2Cl)C3)CCN1. The second kappa shape index (κ2) is 5.93. The quantitative estimate of drug-likeness (QED) is 0.855. The Labute approximate surface area is 148 Å². The number of aromatic nitrogens is 3. The Morgan fingerprint density at radius 1 is 1.21 bits per heavy atom. The number of carbonyl (C=O) groups is 1. The lowest BCUT2D eigenvalue weighted by Gasteiger charge is -2.22. The van der Waals surface area contributed by atoms with E-state index in [1.165, 1.54) is 0 Å². The van der Waals surface area contributed by atoms with Crippen LogP contribution in [0.2, 0.25) is 10.0 Å². The van der Waals surface area contributed by atoms with Crippen molar-refractivity contribution >= 4 is 29.1 Å². The van der Waals surface area contributed by atoms with Gasteiger partial charge in [-0.05, 0) is 18.6 Å². The molecule has 24 heavy (non-hydrogen) atoms. The second-order valence-electron chi connectivity index (χ2n) is 6.32. The molecule has 2 N–H and O–H groups in total. The topological polar surface area (TPSA) is 80.0 Å². The Morgan fingerprint density at radius 3 is 2.83 bits per heavy atom. The van der Waals surface area contributed by atoms with Crippen LogP contribution in [0.5, 0.6) is 5.75 Å². The number of fused-ring (bicyclic) bond motifs is 1. The molecule has 0 spiro atoms. The third-order valence-electron chi connectivity index (χ3n) is 4.82. The van der Waals surface area contributed by atoms with Gasteiger partial charge in [-0.2, -0.15) is 0 Å². The summed E-state index contributed by atoms with van der Waals surface area (Å²) in [7, 11) is 0. The molecule has 1 amide bonds. The highest BCUT2D eigenvalue weighted by Gasteiger charge is 2.34. The van der Waals surface area contributed by atoms with Crippen molar-refractivity contribution in [1.29, 1.82) is 0 Å². The van der Waals surface area contributed by atoms with E-state index in [1.807, 2.05) is 0 Å². The van der Waals surface area contributed by atoms with Crippen molar-refractivity contribution in [1.82, 2.24) is 20.1 Å². The van der Waals surface area contributed by atoms with Crippen LogP contribution < -0.4 is 5.32 Å². The molecule has 0 radical (unpaired) electrons.